The summed E-state index contributed by atoms with van der Waals surface area (Å²) in [7, 11) is 0. The Morgan fingerprint density at radius 3 is 2.31 bits per heavy atom. The van der Waals surface area contributed by atoms with Gasteiger partial charge in [0.05, 0.1) is 18.8 Å². The normalized spacial score (nSPS) is 26.2. The van der Waals surface area contributed by atoms with Crippen LogP contribution in [-0.4, -0.2) is 96.8 Å². The van der Waals surface area contributed by atoms with Crippen LogP contribution in [-0.2, 0) is 9.53 Å². The van der Waals surface area contributed by atoms with Crippen molar-refractivity contribution in [2.75, 3.05) is 68.7 Å². The molecule has 0 radical (unpaired) electrons. The summed E-state index contributed by atoms with van der Waals surface area (Å²) in [4.78, 5) is 31.1. The summed E-state index contributed by atoms with van der Waals surface area (Å²) in [6.07, 6.45) is 2.68. The molecule has 3 fully saturated rings. The molecule has 1 aromatic heterocycles. The molecule has 1 amide bonds. The highest BCUT2D eigenvalue weighted by Crippen LogP contribution is 2.22. The number of rotatable bonds is 4. The fourth-order valence-electron chi connectivity index (χ4n) is 4.57. The van der Waals surface area contributed by atoms with Crippen molar-refractivity contribution in [1.82, 2.24) is 19.8 Å². The average molecular weight is 403 g/mol. The molecule has 8 nitrogen and oxygen atoms in total. The molecule has 2 unspecified atom stereocenters. The van der Waals surface area contributed by atoms with Crippen molar-refractivity contribution in [3.63, 3.8) is 0 Å². The van der Waals surface area contributed by atoms with Crippen LogP contribution in [0.25, 0.3) is 0 Å². The highest BCUT2D eigenvalue weighted by molar-refractivity contribution is 5.78. The second-order valence-electron chi connectivity index (χ2n) is 8.68. The van der Waals surface area contributed by atoms with Crippen LogP contribution in [0.1, 0.15) is 32.4 Å². The van der Waals surface area contributed by atoms with Crippen molar-refractivity contribution < 1.29 is 9.53 Å². The molecule has 4 heterocycles. The van der Waals surface area contributed by atoms with E-state index in [1.807, 2.05) is 25.7 Å². The number of amides is 1. The van der Waals surface area contributed by atoms with Crippen LogP contribution >= 0.6 is 0 Å². The maximum atomic E-state index is 12.7. The van der Waals surface area contributed by atoms with E-state index < -0.39 is 0 Å². The number of hydrogen-bond acceptors (Lipinski definition) is 7. The Morgan fingerprint density at radius 1 is 1.00 bits per heavy atom. The summed E-state index contributed by atoms with van der Waals surface area (Å²) in [6.45, 7) is 13.6. The zero-order chi connectivity index (χ0) is 20.4. The van der Waals surface area contributed by atoms with Gasteiger partial charge in [-0.05, 0) is 33.6 Å². The summed E-state index contributed by atoms with van der Waals surface area (Å²) < 4.78 is 5.75. The number of hydrogen-bond donors (Lipinski definition) is 0. The smallest absolute Gasteiger partial charge is 0.236 e. The number of carbonyl (C=O) groups is 1. The number of piperazine rings is 1. The van der Waals surface area contributed by atoms with Gasteiger partial charge >= 0.3 is 0 Å². The van der Waals surface area contributed by atoms with Gasteiger partial charge in [0.15, 0.2) is 0 Å². The Kier molecular flexibility index (Phi) is 6.20. The second-order valence-corrected chi connectivity index (χ2v) is 8.68. The number of morpholine rings is 1. The lowest BCUT2D eigenvalue weighted by Crippen LogP contribution is -2.54. The standard InChI is InChI=1S/C21H34N6O2/c1-16-12-19(23-21(22-16)26-6-4-5-7-26)25-10-8-24(9-11-25)15-20(28)27-13-17(2)29-18(3)14-27/h12,17-18H,4-11,13-15H2,1-3H3. The van der Waals surface area contributed by atoms with Gasteiger partial charge in [-0.15, -0.1) is 0 Å². The molecule has 2 atom stereocenters. The molecule has 0 saturated carbocycles. The Morgan fingerprint density at radius 2 is 1.66 bits per heavy atom. The molecule has 3 saturated heterocycles. The van der Waals surface area contributed by atoms with Crippen molar-refractivity contribution in [3.8, 4) is 0 Å². The first-order chi connectivity index (χ1) is 14.0. The van der Waals surface area contributed by atoms with Gasteiger partial charge < -0.3 is 19.4 Å². The number of anilines is 2. The number of aromatic nitrogens is 2. The number of carbonyl (C=O) groups excluding carboxylic acids is 1. The van der Waals surface area contributed by atoms with E-state index in [1.54, 1.807) is 0 Å². The Bertz CT molecular complexity index is 705. The van der Waals surface area contributed by atoms with Gasteiger partial charge in [0, 0.05) is 64.1 Å². The largest absolute Gasteiger partial charge is 0.372 e. The van der Waals surface area contributed by atoms with E-state index in [9.17, 15) is 4.79 Å². The first-order valence-corrected chi connectivity index (χ1v) is 11.0. The SMILES string of the molecule is Cc1cc(N2CCN(CC(=O)N3CC(C)OC(C)C3)CC2)nc(N2CCCC2)n1. The van der Waals surface area contributed by atoms with Gasteiger partial charge in [0.1, 0.15) is 5.82 Å². The van der Waals surface area contributed by atoms with Gasteiger partial charge in [0.25, 0.3) is 0 Å². The summed E-state index contributed by atoms with van der Waals surface area (Å²) >= 11 is 0. The monoisotopic (exact) mass is 402 g/mol. The molecule has 0 aliphatic carbocycles. The highest BCUT2D eigenvalue weighted by Gasteiger charge is 2.28. The molecular formula is C21H34N6O2. The van der Waals surface area contributed by atoms with Crippen molar-refractivity contribution in [2.45, 2.75) is 45.8 Å². The molecule has 4 rings (SSSR count). The Balaban J connectivity index is 1.32. The molecular weight excluding hydrogens is 368 g/mol. The summed E-state index contributed by atoms with van der Waals surface area (Å²) in [5, 5.41) is 0. The summed E-state index contributed by atoms with van der Waals surface area (Å²) in [5.41, 5.74) is 1.02. The van der Waals surface area contributed by atoms with E-state index in [1.165, 1.54) is 12.8 Å². The van der Waals surface area contributed by atoms with Crippen LogP contribution in [0.2, 0.25) is 0 Å². The van der Waals surface area contributed by atoms with Crippen LogP contribution in [0.4, 0.5) is 11.8 Å². The summed E-state index contributed by atoms with van der Waals surface area (Å²) in [5.74, 6) is 2.10. The highest BCUT2D eigenvalue weighted by atomic mass is 16.5. The van der Waals surface area contributed by atoms with E-state index in [4.69, 9.17) is 9.72 Å². The molecule has 0 bridgehead atoms. The van der Waals surface area contributed by atoms with Crippen molar-refractivity contribution in [1.29, 1.82) is 0 Å². The number of aryl methyl sites for hydroxylation is 1. The predicted molar refractivity (Wildman–Crippen MR) is 113 cm³/mol. The third-order valence-electron chi connectivity index (χ3n) is 6.05. The van der Waals surface area contributed by atoms with Crippen LogP contribution in [0.3, 0.4) is 0 Å². The van der Waals surface area contributed by atoms with Crippen LogP contribution in [0.5, 0.6) is 0 Å². The average Bonchev–Trinajstić information content (AvgIpc) is 3.22. The molecule has 3 aliphatic rings. The predicted octanol–water partition coefficient (Wildman–Crippen LogP) is 1.14. The quantitative estimate of drug-likeness (QED) is 0.748. The molecule has 8 heteroatoms. The Hall–Kier alpha value is -1.93. The molecule has 29 heavy (non-hydrogen) atoms. The molecule has 0 spiro atoms. The minimum absolute atomic E-state index is 0.116. The molecule has 3 aliphatic heterocycles. The van der Waals surface area contributed by atoms with Crippen molar-refractivity contribution >= 4 is 17.7 Å². The second kappa shape index (κ2) is 8.83. The lowest BCUT2D eigenvalue weighted by molar-refractivity contribution is -0.144. The van der Waals surface area contributed by atoms with Crippen LogP contribution < -0.4 is 9.80 Å². The minimum Gasteiger partial charge on any atom is -0.372 e. The zero-order valence-electron chi connectivity index (χ0n) is 18.0. The molecule has 160 valence electrons. The Labute approximate surface area is 173 Å². The van der Waals surface area contributed by atoms with Crippen LogP contribution in [0.15, 0.2) is 6.07 Å². The zero-order valence-corrected chi connectivity index (χ0v) is 18.0. The third-order valence-corrected chi connectivity index (χ3v) is 6.05. The fraction of sp³-hybridized carbons (Fsp3) is 0.762. The van der Waals surface area contributed by atoms with Crippen molar-refractivity contribution in [3.05, 3.63) is 11.8 Å². The third kappa shape index (κ3) is 4.98. The van der Waals surface area contributed by atoms with Gasteiger partial charge in [0.2, 0.25) is 11.9 Å². The van der Waals surface area contributed by atoms with Crippen molar-refractivity contribution in [2.24, 2.45) is 0 Å². The van der Waals surface area contributed by atoms with E-state index in [2.05, 4.69) is 25.8 Å². The maximum absolute atomic E-state index is 12.7. The lowest BCUT2D eigenvalue weighted by Gasteiger charge is -2.38. The maximum Gasteiger partial charge on any atom is 0.236 e. The van der Waals surface area contributed by atoms with Gasteiger partial charge in [-0.1, -0.05) is 0 Å². The first-order valence-electron chi connectivity index (χ1n) is 11.0. The van der Waals surface area contributed by atoms with E-state index in [-0.39, 0.29) is 18.1 Å². The lowest BCUT2D eigenvalue weighted by atomic mass is 10.2. The van der Waals surface area contributed by atoms with Gasteiger partial charge in [-0.25, -0.2) is 4.98 Å². The molecule has 0 aromatic carbocycles. The van der Waals surface area contributed by atoms with Gasteiger partial charge in [-0.2, -0.15) is 4.98 Å². The first kappa shape index (κ1) is 20.3. The van der Waals surface area contributed by atoms with E-state index in [0.717, 1.165) is 56.7 Å². The number of ether oxygens (including phenoxy) is 1. The minimum atomic E-state index is 0.116. The molecule has 0 N–H and O–H groups in total. The fourth-order valence-corrected chi connectivity index (χ4v) is 4.57. The van der Waals surface area contributed by atoms with Gasteiger partial charge in [-0.3, -0.25) is 9.69 Å². The van der Waals surface area contributed by atoms with E-state index >= 15 is 0 Å². The molecule has 1 aromatic rings. The van der Waals surface area contributed by atoms with Crippen LogP contribution in [0, 0.1) is 6.92 Å². The topological polar surface area (TPSA) is 65.0 Å². The summed E-state index contributed by atoms with van der Waals surface area (Å²) in [6, 6.07) is 2.08. The van der Waals surface area contributed by atoms with E-state index in [0.29, 0.717) is 19.6 Å². The number of nitrogens with zero attached hydrogens (tertiary/aromatic N) is 6.